The Bertz CT molecular complexity index is 215. The maximum absolute atomic E-state index is 10.6. The molecule has 1 saturated heterocycles. The van der Waals surface area contributed by atoms with Gasteiger partial charge in [-0.3, -0.25) is 4.79 Å². The Morgan fingerprint density at radius 2 is 1.94 bits per heavy atom. The van der Waals surface area contributed by atoms with Gasteiger partial charge in [0.1, 0.15) is 6.04 Å². The minimum absolute atomic E-state index is 0.441. The third kappa shape index (κ3) is 4.94. The van der Waals surface area contributed by atoms with Crippen molar-refractivity contribution in [3.8, 4) is 0 Å². The van der Waals surface area contributed by atoms with E-state index in [9.17, 15) is 4.79 Å². The average Bonchev–Trinajstić information content (AvgIpc) is 2.27. The van der Waals surface area contributed by atoms with Gasteiger partial charge in [-0.15, -0.1) is 0 Å². The zero-order valence-electron chi connectivity index (χ0n) is 10.4. The smallest absolute Gasteiger partial charge is 0.320 e. The van der Waals surface area contributed by atoms with E-state index in [-0.39, 0.29) is 0 Å². The van der Waals surface area contributed by atoms with Crippen LogP contribution in [0.5, 0.6) is 0 Å². The van der Waals surface area contributed by atoms with Crippen molar-refractivity contribution in [3.05, 3.63) is 0 Å². The second-order valence-electron chi connectivity index (χ2n) is 4.93. The lowest BCUT2D eigenvalue weighted by atomic mass is 10.1. The van der Waals surface area contributed by atoms with Crippen LogP contribution in [0.2, 0.25) is 0 Å². The summed E-state index contributed by atoms with van der Waals surface area (Å²) < 4.78 is 0. The standard InChI is InChI=1S/C12H24N2O2/c1-10(8-13-11(2)12(15)16)9-14-6-4-3-5-7-14/h10-11,13H,3-9H2,1-2H3,(H,15,16). The van der Waals surface area contributed by atoms with Crippen LogP contribution in [0.25, 0.3) is 0 Å². The topological polar surface area (TPSA) is 52.6 Å². The van der Waals surface area contributed by atoms with Gasteiger partial charge in [0.05, 0.1) is 0 Å². The Kier molecular flexibility index (Phi) is 5.77. The summed E-state index contributed by atoms with van der Waals surface area (Å²) in [5, 5.41) is 11.8. The number of likely N-dealkylation sites (tertiary alicyclic amines) is 1. The fraction of sp³-hybridized carbons (Fsp3) is 0.917. The molecule has 4 heteroatoms. The number of piperidine rings is 1. The second kappa shape index (κ2) is 6.86. The van der Waals surface area contributed by atoms with Gasteiger partial charge in [0, 0.05) is 6.54 Å². The number of hydrogen-bond acceptors (Lipinski definition) is 3. The predicted octanol–water partition coefficient (Wildman–Crippen LogP) is 1.17. The summed E-state index contributed by atoms with van der Waals surface area (Å²) in [4.78, 5) is 13.1. The molecule has 0 aromatic carbocycles. The average molecular weight is 228 g/mol. The number of nitrogens with zero attached hydrogens (tertiary/aromatic N) is 1. The maximum Gasteiger partial charge on any atom is 0.320 e. The summed E-state index contributed by atoms with van der Waals surface area (Å²) in [5.74, 6) is -0.259. The van der Waals surface area contributed by atoms with Gasteiger partial charge < -0.3 is 15.3 Å². The normalized spacial score (nSPS) is 21.6. The lowest BCUT2D eigenvalue weighted by Gasteiger charge is -2.29. The van der Waals surface area contributed by atoms with Crippen LogP contribution >= 0.6 is 0 Å². The molecule has 0 aromatic heterocycles. The van der Waals surface area contributed by atoms with Crippen molar-refractivity contribution >= 4 is 5.97 Å². The second-order valence-corrected chi connectivity index (χ2v) is 4.93. The number of carboxylic acid groups (broad SMARTS) is 1. The van der Waals surface area contributed by atoms with Crippen molar-refractivity contribution < 1.29 is 9.90 Å². The maximum atomic E-state index is 10.6. The Morgan fingerprint density at radius 3 is 2.50 bits per heavy atom. The molecule has 4 nitrogen and oxygen atoms in total. The molecular weight excluding hydrogens is 204 g/mol. The van der Waals surface area contributed by atoms with E-state index in [1.807, 2.05) is 0 Å². The Hall–Kier alpha value is -0.610. The van der Waals surface area contributed by atoms with E-state index in [4.69, 9.17) is 5.11 Å². The van der Waals surface area contributed by atoms with Crippen LogP contribution in [-0.2, 0) is 4.79 Å². The summed E-state index contributed by atoms with van der Waals surface area (Å²) in [6.07, 6.45) is 3.98. The van der Waals surface area contributed by atoms with Crippen molar-refractivity contribution in [2.24, 2.45) is 5.92 Å². The fourth-order valence-electron chi connectivity index (χ4n) is 2.11. The van der Waals surface area contributed by atoms with E-state index < -0.39 is 12.0 Å². The first-order valence-electron chi connectivity index (χ1n) is 6.28. The molecule has 2 unspecified atom stereocenters. The molecule has 16 heavy (non-hydrogen) atoms. The third-order valence-corrected chi connectivity index (χ3v) is 3.16. The molecule has 2 N–H and O–H groups in total. The van der Waals surface area contributed by atoms with Gasteiger partial charge in [-0.05, 0) is 45.3 Å². The lowest BCUT2D eigenvalue weighted by molar-refractivity contribution is -0.139. The molecule has 1 heterocycles. The third-order valence-electron chi connectivity index (χ3n) is 3.16. The fourth-order valence-corrected chi connectivity index (χ4v) is 2.11. The summed E-state index contributed by atoms with van der Waals surface area (Å²) >= 11 is 0. The van der Waals surface area contributed by atoms with Crippen LogP contribution in [0.15, 0.2) is 0 Å². The molecule has 0 aromatic rings. The molecule has 0 spiro atoms. The van der Waals surface area contributed by atoms with E-state index in [2.05, 4.69) is 17.1 Å². The molecule has 1 aliphatic heterocycles. The largest absolute Gasteiger partial charge is 0.480 e. The van der Waals surface area contributed by atoms with Gasteiger partial charge >= 0.3 is 5.97 Å². The monoisotopic (exact) mass is 228 g/mol. The van der Waals surface area contributed by atoms with Crippen LogP contribution < -0.4 is 5.32 Å². The molecule has 94 valence electrons. The van der Waals surface area contributed by atoms with E-state index in [1.165, 1.54) is 32.4 Å². The van der Waals surface area contributed by atoms with Crippen molar-refractivity contribution in [1.29, 1.82) is 0 Å². The zero-order valence-corrected chi connectivity index (χ0v) is 10.4. The van der Waals surface area contributed by atoms with Gasteiger partial charge in [-0.2, -0.15) is 0 Å². The van der Waals surface area contributed by atoms with Crippen molar-refractivity contribution in [3.63, 3.8) is 0 Å². The summed E-state index contributed by atoms with van der Waals surface area (Å²) in [6.45, 7) is 8.15. The number of nitrogens with one attached hydrogen (secondary N) is 1. The number of carbonyl (C=O) groups is 1. The van der Waals surface area contributed by atoms with Gasteiger partial charge in [0.15, 0.2) is 0 Å². The number of hydrogen-bond donors (Lipinski definition) is 2. The van der Waals surface area contributed by atoms with E-state index in [0.29, 0.717) is 5.92 Å². The van der Waals surface area contributed by atoms with Crippen LogP contribution in [-0.4, -0.2) is 48.2 Å². The van der Waals surface area contributed by atoms with Crippen LogP contribution in [0, 0.1) is 5.92 Å². The van der Waals surface area contributed by atoms with E-state index in [0.717, 1.165) is 13.1 Å². The Labute approximate surface area is 98.0 Å². The zero-order chi connectivity index (χ0) is 12.0. The van der Waals surface area contributed by atoms with Crippen LogP contribution in [0.1, 0.15) is 33.1 Å². The van der Waals surface area contributed by atoms with Crippen LogP contribution in [0.3, 0.4) is 0 Å². The van der Waals surface area contributed by atoms with Gasteiger partial charge in [0.25, 0.3) is 0 Å². The Morgan fingerprint density at radius 1 is 1.31 bits per heavy atom. The molecule has 0 aliphatic carbocycles. The molecule has 0 saturated carbocycles. The summed E-state index contributed by atoms with van der Waals surface area (Å²) in [7, 11) is 0. The number of carboxylic acids is 1. The van der Waals surface area contributed by atoms with E-state index in [1.54, 1.807) is 6.92 Å². The van der Waals surface area contributed by atoms with E-state index >= 15 is 0 Å². The first-order chi connectivity index (χ1) is 7.59. The van der Waals surface area contributed by atoms with Crippen molar-refractivity contribution in [1.82, 2.24) is 10.2 Å². The Balaban J connectivity index is 2.14. The molecule has 1 aliphatic rings. The summed E-state index contributed by atoms with van der Waals surface area (Å²) in [5.41, 5.74) is 0. The molecule has 0 radical (unpaired) electrons. The molecular formula is C12H24N2O2. The van der Waals surface area contributed by atoms with Crippen molar-refractivity contribution in [2.75, 3.05) is 26.2 Å². The van der Waals surface area contributed by atoms with Gasteiger partial charge in [0.2, 0.25) is 0 Å². The predicted molar refractivity (Wildman–Crippen MR) is 64.6 cm³/mol. The first kappa shape index (κ1) is 13.5. The van der Waals surface area contributed by atoms with Gasteiger partial charge in [-0.1, -0.05) is 13.3 Å². The highest BCUT2D eigenvalue weighted by Gasteiger charge is 2.15. The highest BCUT2D eigenvalue weighted by atomic mass is 16.4. The molecule has 1 fully saturated rings. The van der Waals surface area contributed by atoms with Crippen molar-refractivity contribution in [2.45, 2.75) is 39.2 Å². The van der Waals surface area contributed by atoms with Gasteiger partial charge in [-0.25, -0.2) is 0 Å². The summed E-state index contributed by atoms with van der Waals surface area (Å²) in [6, 6.07) is -0.441. The highest BCUT2D eigenvalue weighted by molar-refractivity contribution is 5.72. The molecule has 2 atom stereocenters. The molecule has 1 rings (SSSR count). The molecule has 0 bridgehead atoms. The number of rotatable bonds is 6. The van der Waals surface area contributed by atoms with Crippen LogP contribution in [0.4, 0.5) is 0 Å². The minimum Gasteiger partial charge on any atom is -0.480 e. The minimum atomic E-state index is -0.773. The lowest BCUT2D eigenvalue weighted by Crippen LogP contribution is -2.40. The SMILES string of the molecule is CC(CNC(C)C(=O)O)CN1CCCCC1. The molecule has 0 amide bonds. The first-order valence-corrected chi connectivity index (χ1v) is 6.28. The quantitative estimate of drug-likeness (QED) is 0.716. The highest BCUT2D eigenvalue weighted by Crippen LogP contribution is 2.10. The number of aliphatic carboxylic acids is 1.